The van der Waals surface area contributed by atoms with E-state index in [0.29, 0.717) is 11.8 Å². The van der Waals surface area contributed by atoms with Crippen LogP contribution in [-0.2, 0) is 4.79 Å². The summed E-state index contributed by atoms with van der Waals surface area (Å²) in [5, 5.41) is 9.11. The van der Waals surface area contributed by atoms with Crippen LogP contribution in [0.25, 0.3) is 0 Å². The molecule has 1 heterocycles. The van der Waals surface area contributed by atoms with E-state index >= 15 is 0 Å². The molecule has 2 aliphatic rings. The van der Waals surface area contributed by atoms with Gasteiger partial charge >= 0.3 is 0 Å². The lowest BCUT2D eigenvalue weighted by Gasteiger charge is -2.37. The first-order valence-electron chi connectivity index (χ1n) is 5.21. The lowest BCUT2D eigenvalue weighted by molar-refractivity contribution is -0.135. The largest absolute Gasteiger partial charge is 0.393 e. The number of hydrogen-bond donors (Lipinski definition) is 1. The molecule has 1 aliphatic heterocycles. The maximum atomic E-state index is 11.4. The molecule has 3 heteroatoms. The molecule has 0 bridgehead atoms. The first-order chi connectivity index (χ1) is 6.25. The summed E-state index contributed by atoms with van der Waals surface area (Å²) in [4.78, 5) is 13.4. The van der Waals surface area contributed by atoms with Crippen molar-refractivity contribution in [3.8, 4) is 0 Å². The molecule has 0 aromatic carbocycles. The van der Waals surface area contributed by atoms with Crippen molar-refractivity contribution in [3.63, 3.8) is 0 Å². The van der Waals surface area contributed by atoms with Gasteiger partial charge in [-0.3, -0.25) is 4.79 Å². The molecular formula is C10H17NO2. The summed E-state index contributed by atoms with van der Waals surface area (Å²) in [5.74, 6) is 0.879. The van der Waals surface area contributed by atoms with Crippen molar-refractivity contribution in [2.45, 2.75) is 38.2 Å². The molecule has 0 unspecified atom stereocenters. The molecule has 2 fully saturated rings. The lowest BCUT2D eigenvalue weighted by atomic mass is 9.82. The Balaban J connectivity index is 1.76. The summed E-state index contributed by atoms with van der Waals surface area (Å²) in [6.07, 6.45) is 4.64. The Bertz CT molecular complexity index is 199. The molecule has 0 radical (unpaired) electrons. The molecule has 1 saturated carbocycles. The highest BCUT2D eigenvalue weighted by molar-refractivity contribution is 5.76. The van der Waals surface area contributed by atoms with Gasteiger partial charge in [0.05, 0.1) is 6.10 Å². The average molecular weight is 183 g/mol. The van der Waals surface area contributed by atoms with Crippen LogP contribution >= 0.6 is 0 Å². The predicted octanol–water partition coefficient (Wildman–Crippen LogP) is 0.770. The zero-order valence-corrected chi connectivity index (χ0v) is 7.91. The topological polar surface area (TPSA) is 40.5 Å². The Morgan fingerprint density at radius 2 is 2.15 bits per heavy atom. The first kappa shape index (κ1) is 9.00. The molecule has 0 aromatic heterocycles. The van der Waals surface area contributed by atoms with Crippen LogP contribution in [0.4, 0.5) is 0 Å². The van der Waals surface area contributed by atoms with Crippen LogP contribution in [0.1, 0.15) is 32.1 Å². The van der Waals surface area contributed by atoms with Crippen LogP contribution in [0.5, 0.6) is 0 Å². The summed E-state index contributed by atoms with van der Waals surface area (Å²) < 4.78 is 0. The van der Waals surface area contributed by atoms with Gasteiger partial charge in [-0.1, -0.05) is 0 Å². The molecule has 1 aliphatic carbocycles. The maximum Gasteiger partial charge on any atom is 0.222 e. The van der Waals surface area contributed by atoms with E-state index in [1.54, 1.807) is 0 Å². The molecule has 1 saturated heterocycles. The van der Waals surface area contributed by atoms with E-state index in [2.05, 4.69) is 0 Å². The number of aliphatic hydroxyl groups excluding tert-OH is 1. The van der Waals surface area contributed by atoms with Gasteiger partial charge in [-0.05, 0) is 31.6 Å². The number of aliphatic hydroxyl groups is 1. The number of likely N-dealkylation sites (tertiary alicyclic amines) is 1. The number of carbonyl (C=O) groups excluding carboxylic acids is 1. The fourth-order valence-corrected chi connectivity index (χ4v) is 2.22. The summed E-state index contributed by atoms with van der Waals surface area (Å²) in [5.41, 5.74) is 0. The molecule has 1 N–H and O–H groups in total. The minimum atomic E-state index is -0.0927. The van der Waals surface area contributed by atoms with Crippen molar-refractivity contribution in [1.29, 1.82) is 0 Å². The summed E-state index contributed by atoms with van der Waals surface area (Å²) in [7, 11) is 0. The molecule has 0 aromatic rings. The van der Waals surface area contributed by atoms with Crippen LogP contribution in [0.2, 0.25) is 0 Å². The van der Waals surface area contributed by atoms with Gasteiger partial charge in [0.15, 0.2) is 0 Å². The average Bonchev–Trinajstić information content (AvgIpc) is 2.06. The van der Waals surface area contributed by atoms with E-state index in [1.807, 2.05) is 4.90 Å². The van der Waals surface area contributed by atoms with Gasteiger partial charge in [0.1, 0.15) is 0 Å². The van der Waals surface area contributed by atoms with E-state index in [4.69, 9.17) is 5.11 Å². The van der Waals surface area contributed by atoms with Crippen molar-refractivity contribution in [1.82, 2.24) is 4.90 Å². The van der Waals surface area contributed by atoms with Gasteiger partial charge in [-0.15, -0.1) is 0 Å². The Hall–Kier alpha value is -0.570. The van der Waals surface area contributed by atoms with Crippen LogP contribution in [-0.4, -0.2) is 35.1 Å². The van der Waals surface area contributed by atoms with Crippen molar-refractivity contribution in [3.05, 3.63) is 0 Å². The molecule has 74 valence electrons. The number of rotatable bonds is 2. The SMILES string of the molecule is O=C1CCCCN1CC1CC(O)C1. The van der Waals surface area contributed by atoms with Crippen molar-refractivity contribution >= 4 is 5.91 Å². The van der Waals surface area contributed by atoms with E-state index < -0.39 is 0 Å². The van der Waals surface area contributed by atoms with Gasteiger partial charge in [-0.2, -0.15) is 0 Å². The van der Waals surface area contributed by atoms with Crippen molar-refractivity contribution in [2.24, 2.45) is 5.92 Å². The standard InChI is InChI=1S/C10H17NO2/c12-9-5-8(6-9)7-11-4-2-1-3-10(11)13/h8-9,12H,1-7H2. The predicted molar refractivity (Wildman–Crippen MR) is 49.2 cm³/mol. The smallest absolute Gasteiger partial charge is 0.222 e. The van der Waals surface area contributed by atoms with Gasteiger partial charge in [0, 0.05) is 19.5 Å². The number of carbonyl (C=O) groups is 1. The highest BCUT2D eigenvalue weighted by Crippen LogP contribution is 2.28. The summed E-state index contributed by atoms with van der Waals surface area (Å²) >= 11 is 0. The zero-order chi connectivity index (χ0) is 9.26. The molecule has 0 spiro atoms. The van der Waals surface area contributed by atoms with Crippen LogP contribution < -0.4 is 0 Å². The second-order valence-corrected chi connectivity index (χ2v) is 4.29. The number of hydrogen-bond acceptors (Lipinski definition) is 2. The fraction of sp³-hybridized carbons (Fsp3) is 0.900. The first-order valence-corrected chi connectivity index (χ1v) is 5.21. The Kier molecular flexibility index (Phi) is 2.54. The van der Waals surface area contributed by atoms with Gasteiger partial charge in [0.25, 0.3) is 0 Å². The molecule has 1 amide bonds. The fourth-order valence-electron chi connectivity index (χ4n) is 2.22. The molecule has 2 rings (SSSR count). The second kappa shape index (κ2) is 3.66. The molecule has 13 heavy (non-hydrogen) atoms. The minimum Gasteiger partial charge on any atom is -0.393 e. The van der Waals surface area contributed by atoms with Crippen LogP contribution in [0.3, 0.4) is 0 Å². The van der Waals surface area contributed by atoms with Crippen LogP contribution in [0, 0.1) is 5.92 Å². The number of amides is 1. The van der Waals surface area contributed by atoms with Gasteiger partial charge in [0.2, 0.25) is 5.91 Å². The monoisotopic (exact) mass is 183 g/mol. The Morgan fingerprint density at radius 1 is 1.38 bits per heavy atom. The molecular weight excluding hydrogens is 166 g/mol. The molecule has 0 atom stereocenters. The Morgan fingerprint density at radius 3 is 2.77 bits per heavy atom. The zero-order valence-electron chi connectivity index (χ0n) is 7.91. The van der Waals surface area contributed by atoms with Crippen molar-refractivity contribution in [2.75, 3.05) is 13.1 Å². The second-order valence-electron chi connectivity index (χ2n) is 4.29. The van der Waals surface area contributed by atoms with E-state index in [1.165, 1.54) is 0 Å². The number of nitrogens with zero attached hydrogens (tertiary/aromatic N) is 1. The highest BCUT2D eigenvalue weighted by Gasteiger charge is 2.30. The normalized spacial score (nSPS) is 34.5. The summed E-state index contributed by atoms with van der Waals surface area (Å²) in [6.45, 7) is 1.82. The quantitative estimate of drug-likeness (QED) is 0.687. The lowest BCUT2D eigenvalue weighted by Crippen LogP contribution is -2.43. The van der Waals surface area contributed by atoms with Gasteiger partial charge < -0.3 is 10.0 Å². The van der Waals surface area contributed by atoms with E-state index in [-0.39, 0.29) is 6.10 Å². The van der Waals surface area contributed by atoms with Crippen LogP contribution in [0.15, 0.2) is 0 Å². The van der Waals surface area contributed by atoms with E-state index in [9.17, 15) is 4.79 Å². The van der Waals surface area contributed by atoms with Crippen molar-refractivity contribution < 1.29 is 9.90 Å². The highest BCUT2D eigenvalue weighted by atomic mass is 16.3. The minimum absolute atomic E-state index is 0.0927. The Labute approximate surface area is 78.7 Å². The maximum absolute atomic E-state index is 11.4. The third-order valence-corrected chi connectivity index (χ3v) is 3.11. The third-order valence-electron chi connectivity index (χ3n) is 3.11. The van der Waals surface area contributed by atoms with Gasteiger partial charge in [-0.25, -0.2) is 0 Å². The molecule has 3 nitrogen and oxygen atoms in total. The third kappa shape index (κ3) is 2.02. The van der Waals surface area contributed by atoms with E-state index in [0.717, 1.165) is 45.2 Å². The summed E-state index contributed by atoms with van der Waals surface area (Å²) in [6, 6.07) is 0. The number of piperidine rings is 1.